The predicted octanol–water partition coefficient (Wildman–Crippen LogP) is 3.52. The van der Waals surface area contributed by atoms with Gasteiger partial charge < -0.3 is 15.0 Å². The summed E-state index contributed by atoms with van der Waals surface area (Å²) in [7, 11) is 0. The number of nitrogens with one attached hydrogen (secondary N) is 1. The molecule has 1 aromatic carbocycles. The molecule has 5 nitrogen and oxygen atoms in total. The van der Waals surface area contributed by atoms with Gasteiger partial charge in [0.2, 0.25) is 11.8 Å². The monoisotopic (exact) mass is 358 g/mol. The van der Waals surface area contributed by atoms with Crippen LogP contribution in [0.15, 0.2) is 24.3 Å². The zero-order chi connectivity index (χ0) is 18.5. The molecule has 2 aliphatic rings. The number of hydrogen-bond acceptors (Lipinski definition) is 3. The second kappa shape index (κ2) is 8.56. The Hall–Kier alpha value is -2.04. The van der Waals surface area contributed by atoms with Crippen LogP contribution in [0.1, 0.15) is 52.4 Å². The fraction of sp³-hybridized carbons (Fsp3) is 0.619. The summed E-state index contributed by atoms with van der Waals surface area (Å²) in [5.41, 5.74) is 0.834. The van der Waals surface area contributed by atoms with E-state index in [0.29, 0.717) is 25.5 Å². The Kier molecular flexibility index (Phi) is 6.17. The molecule has 0 bridgehead atoms. The van der Waals surface area contributed by atoms with Crippen molar-refractivity contribution in [3.05, 3.63) is 24.3 Å². The summed E-state index contributed by atoms with van der Waals surface area (Å²) in [6.07, 6.45) is 5.91. The van der Waals surface area contributed by atoms with E-state index in [2.05, 4.69) is 19.2 Å². The zero-order valence-electron chi connectivity index (χ0n) is 15.9. The van der Waals surface area contributed by atoms with Crippen molar-refractivity contribution in [1.82, 2.24) is 5.32 Å². The van der Waals surface area contributed by atoms with Crippen molar-refractivity contribution >= 4 is 17.5 Å². The van der Waals surface area contributed by atoms with Gasteiger partial charge in [0.1, 0.15) is 5.75 Å². The third kappa shape index (κ3) is 4.37. The van der Waals surface area contributed by atoms with Gasteiger partial charge in [-0.25, -0.2) is 0 Å². The predicted molar refractivity (Wildman–Crippen MR) is 102 cm³/mol. The Bertz CT molecular complexity index is 629. The summed E-state index contributed by atoms with van der Waals surface area (Å²) in [6, 6.07) is 7.82. The van der Waals surface area contributed by atoms with Crippen LogP contribution in [-0.2, 0) is 9.59 Å². The molecule has 1 aliphatic carbocycles. The third-order valence-electron chi connectivity index (χ3n) is 5.56. The minimum absolute atomic E-state index is 0.0177. The first kappa shape index (κ1) is 18.7. The number of hydrogen-bond donors (Lipinski definition) is 1. The van der Waals surface area contributed by atoms with E-state index in [4.69, 9.17) is 4.74 Å². The van der Waals surface area contributed by atoms with E-state index < -0.39 is 0 Å². The summed E-state index contributed by atoms with van der Waals surface area (Å²) in [5, 5.41) is 3.20. The van der Waals surface area contributed by atoms with Crippen LogP contribution in [0.2, 0.25) is 0 Å². The molecule has 0 aromatic heterocycles. The molecule has 5 heteroatoms. The van der Waals surface area contributed by atoms with Gasteiger partial charge in [-0.15, -0.1) is 0 Å². The first-order valence-corrected chi connectivity index (χ1v) is 9.92. The van der Waals surface area contributed by atoms with Gasteiger partial charge in [0.15, 0.2) is 0 Å². The molecular formula is C21H30N2O3. The molecule has 2 fully saturated rings. The molecule has 0 unspecified atom stereocenters. The van der Waals surface area contributed by atoms with E-state index in [1.807, 2.05) is 24.3 Å². The Morgan fingerprint density at radius 3 is 2.65 bits per heavy atom. The number of ether oxygens (including phenoxy) is 1. The van der Waals surface area contributed by atoms with Crippen LogP contribution < -0.4 is 15.0 Å². The topological polar surface area (TPSA) is 58.6 Å². The van der Waals surface area contributed by atoms with Gasteiger partial charge in [-0.3, -0.25) is 9.59 Å². The Morgan fingerprint density at radius 1 is 1.23 bits per heavy atom. The van der Waals surface area contributed by atoms with Crippen molar-refractivity contribution in [2.45, 2.75) is 58.4 Å². The summed E-state index contributed by atoms with van der Waals surface area (Å²) < 4.78 is 5.59. The Labute approximate surface area is 156 Å². The minimum atomic E-state index is -0.257. The van der Waals surface area contributed by atoms with Gasteiger partial charge in [0.25, 0.3) is 0 Å². The lowest BCUT2D eigenvalue weighted by atomic mass is 9.85. The lowest BCUT2D eigenvalue weighted by Crippen LogP contribution is -2.44. The molecule has 2 amide bonds. The lowest BCUT2D eigenvalue weighted by molar-refractivity contribution is -0.127. The number of rotatable bonds is 6. The van der Waals surface area contributed by atoms with Gasteiger partial charge in [0, 0.05) is 24.7 Å². The van der Waals surface area contributed by atoms with Gasteiger partial charge >= 0.3 is 0 Å². The largest absolute Gasteiger partial charge is 0.494 e. The molecule has 0 spiro atoms. The normalized spacial score (nSPS) is 26.0. The number of nitrogens with zero attached hydrogens (tertiary/aromatic N) is 1. The van der Waals surface area contributed by atoms with E-state index in [9.17, 15) is 9.59 Å². The summed E-state index contributed by atoms with van der Waals surface area (Å²) >= 11 is 0. The van der Waals surface area contributed by atoms with Crippen molar-refractivity contribution in [3.8, 4) is 5.75 Å². The standard InChI is InChI=1S/C21H30N2O3/c1-3-12-26-18-10-8-17(9-11-18)23-14-16(13-20(23)24)21(25)22-19-7-5-4-6-15(19)2/h8-11,15-16,19H,3-7,12-14H2,1-2H3,(H,22,25)/t15-,16+,19+/m0/s1. The number of carbonyl (C=O) groups excluding carboxylic acids is 2. The maximum atomic E-state index is 12.6. The van der Waals surface area contributed by atoms with Crippen LogP contribution >= 0.6 is 0 Å². The van der Waals surface area contributed by atoms with Crippen molar-refractivity contribution in [1.29, 1.82) is 0 Å². The molecule has 1 saturated heterocycles. The van der Waals surface area contributed by atoms with Crippen molar-refractivity contribution in [3.63, 3.8) is 0 Å². The van der Waals surface area contributed by atoms with E-state index in [-0.39, 0.29) is 23.8 Å². The molecular weight excluding hydrogens is 328 g/mol. The van der Waals surface area contributed by atoms with Gasteiger partial charge in [-0.2, -0.15) is 0 Å². The van der Waals surface area contributed by atoms with Gasteiger partial charge in [-0.1, -0.05) is 26.7 Å². The second-order valence-electron chi connectivity index (χ2n) is 7.62. The fourth-order valence-corrected chi connectivity index (χ4v) is 3.91. The van der Waals surface area contributed by atoms with Crippen molar-refractivity contribution < 1.29 is 14.3 Å². The van der Waals surface area contributed by atoms with Crippen LogP contribution in [0.5, 0.6) is 5.75 Å². The summed E-state index contributed by atoms with van der Waals surface area (Å²) in [4.78, 5) is 26.8. The average molecular weight is 358 g/mol. The molecule has 1 saturated carbocycles. The van der Waals surface area contributed by atoms with Gasteiger partial charge in [0.05, 0.1) is 12.5 Å². The van der Waals surface area contributed by atoms with Crippen LogP contribution in [0.25, 0.3) is 0 Å². The highest BCUT2D eigenvalue weighted by Crippen LogP contribution is 2.28. The highest BCUT2D eigenvalue weighted by atomic mass is 16.5. The Balaban J connectivity index is 1.58. The molecule has 1 aliphatic heterocycles. The maximum Gasteiger partial charge on any atom is 0.227 e. The lowest BCUT2D eigenvalue weighted by Gasteiger charge is -2.30. The first-order chi connectivity index (χ1) is 12.6. The summed E-state index contributed by atoms with van der Waals surface area (Å²) in [5.74, 6) is 1.12. The molecule has 1 aromatic rings. The molecule has 142 valence electrons. The average Bonchev–Trinajstić information content (AvgIpc) is 3.04. The van der Waals surface area contributed by atoms with Crippen LogP contribution in [0.4, 0.5) is 5.69 Å². The molecule has 3 atom stereocenters. The first-order valence-electron chi connectivity index (χ1n) is 9.92. The quantitative estimate of drug-likeness (QED) is 0.846. The second-order valence-corrected chi connectivity index (χ2v) is 7.62. The molecule has 0 radical (unpaired) electrons. The molecule has 26 heavy (non-hydrogen) atoms. The van der Waals surface area contributed by atoms with E-state index in [0.717, 1.165) is 24.3 Å². The Morgan fingerprint density at radius 2 is 1.96 bits per heavy atom. The summed E-state index contributed by atoms with van der Waals surface area (Å²) in [6.45, 7) is 5.42. The van der Waals surface area contributed by atoms with Crippen LogP contribution in [0.3, 0.4) is 0 Å². The van der Waals surface area contributed by atoms with Crippen LogP contribution in [-0.4, -0.2) is 31.0 Å². The number of amides is 2. The molecule has 1 heterocycles. The number of anilines is 1. The number of benzene rings is 1. The molecule has 3 rings (SSSR count). The third-order valence-corrected chi connectivity index (χ3v) is 5.56. The van der Waals surface area contributed by atoms with Crippen LogP contribution in [0, 0.1) is 11.8 Å². The maximum absolute atomic E-state index is 12.6. The molecule has 1 N–H and O–H groups in total. The smallest absolute Gasteiger partial charge is 0.227 e. The minimum Gasteiger partial charge on any atom is -0.494 e. The fourth-order valence-electron chi connectivity index (χ4n) is 3.91. The SMILES string of the molecule is CCCOc1ccc(N2C[C@H](C(=O)N[C@@H]3CCCC[C@@H]3C)CC2=O)cc1. The highest BCUT2D eigenvalue weighted by Gasteiger charge is 2.36. The van der Waals surface area contributed by atoms with Gasteiger partial charge in [-0.05, 0) is 49.4 Å². The van der Waals surface area contributed by atoms with E-state index in [1.165, 1.54) is 19.3 Å². The van der Waals surface area contributed by atoms with E-state index in [1.54, 1.807) is 4.90 Å². The van der Waals surface area contributed by atoms with Crippen molar-refractivity contribution in [2.24, 2.45) is 11.8 Å². The highest BCUT2D eigenvalue weighted by molar-refractivity contribution is 6.00. The number of carbonyl (C=O) groups is 2. The van der Waals surface area contributed by atoms with Crippen molar-refractivity contribution in [2.75, 3.05) is 18.1 Å². The van der Waals surface area contributed by atoms with E-state index >= 15 is 0 Å². The zero-order valence-corrected chi connectivity index (χ0v) is 15.9.